The topological polar surface area (TPSA) is 73.6 Å². The average Bonchev–Trinajstić information content (AvgIpc) is 2.89. The van der Waals surface area contributed by atoms with Gasteiger partial charge in [-0.2, -0.15) is 0 Å². The first-order valence-electron chi connectivity index (χ1n) is 6.97. The number of aryl methyl sites for hydroxylation is 1. The molecule has 1 aromatic heterocycles. The van der Waals surface area contributed by atoms with Crippen LogP contribution in [0.15, 0.2) is 22.6 Å². The predicted molar refractivity (Wildman–Crippen MR) is 82.8 cm³/mol. The number of nitrogens with one attached hydrogen (secondary N) is 1. The van der Waals surface area contributed by atoms with Gasteiger partial charge in [0.2, 0.25) is 5.76 Å². The number of anilines is 1. The van der Waals surface area contributed by atoms with Gasteiger partial charge in [-0.05, 0) is 18.1 Å². The van der Waals surface area contributed by atoms with Gasteiger partial charge in [-0.15, -0.1) is 0 Å². The van der Waals surface area contributed by atoms with Gasteiger partial charge < -0.3 is 19.2 Å². The van der Waals surface area contributed by atoms with Crippen molar-refractivity contribution >= 4 is 11.6 Å². The van der Waals surface area contributed by atoms with Gasteiger partial charge in [-0.3, -0.25) is 4.79 Å². The minimum absolute atomic E-state index is 0.0883. The summed E-state index contributed by atoms with van der Waals surface area (Å²) >= 11 is 0. The van der Waals surface area contributed by atoms with E-state index in [1.54, 1.807) is 32.2 Å². The second-order valence-electron chi connectivity index (χ2n) is 5.12. The molecule has 1 amide bonds. The molecule has 1 heterocycles. The molecule has 0 aliphatic carbocycles. The molecule has 0 saturated carbocycles. The fourth-order valence-corrected chi connectivity index (χ4v) is 2.09. The Morgan fingerprint density at radius 2 is 2.00 bits per heavy atom. The molecule has 6 heteroatoms. The number of hydrogen-bond donors (Lipinski definition) is 1. The lowest BCUT2D eigenvalue weighted by atomic mass is 10.1. The number of nitrogens with zero attached hydrogens (tertiary/aromatic N) is 1. The molecular formula is C16H20N2O4. The minimum Gasteiger partial charge on any atom is -0.497 e. The summed E-state index contributed by atoms with van der Waals surface area (Å²) in [6.45, 7) is 5.63. The van der Waals surface area contributed by atoms with Crippen molar-refractivity contribution < 1.29 is 18.7 Å². The summed E-state index contributed by atoms with van der Waals surface area (Å²) in [6, 6.07) is 5.17. The highest BCUT2D eigenvalue weighted by Crippen LogP contribution is 2.30. The largest absolute Gasteiger partial charge is 0.497 e. The number of carbonyl (C=O) groups is 1. The second-order valence-corrected chi connectivity index (χ2v) is 5.12. The van der Waals surface area contributed by atoms with Crippen molar-refractivity contribution in [2.75, 3.05) is 19.5 Å². The molecule has 2 rings (SSSR count). The van der Waals surface area contributed by atoms with Gasteiger partial charge in [0.1, 0.15) is 11.5 Å². The van der Waals surface area contributed by atoms with Crippen molar-refractivity contribution in [3.63, 3.8) is 0 Å². The van der Waals surface area contributed by atoms with Crippen LogP contribution >= 0.6 is 0 Å². The second kappa shape index (κ2) is 6.51. The molecule has 0 unspecified atom stereocenters. The van der Waals surface area contributed by atoms with Crippen molar-refractivity contribution in [1.82, 2.24) is 4.98 Å². The van der Waals surface area contributed by atoms with Crippen molar-refractivity contribution in [1.29, 1.82) is 0 Å². The van der Waals surface area contributed by atoms with Crippen LogP contribution in [0.1, 0.15) is 41.9 Å². The van der Waals surface area contributed by atoms with Crippen molar-refractivity contribution in [3.05, 3.63) is 35.5 Å². The highest BCUT2D eigenvalue weighted by atomic mass is 16.5. The van der Waals surface area contributed by atoms with Crippen LogP contribution in [0.5, 0.6) is 11.5 Å². The monoisotopic (exact) mass is 304 g/mol. The van der Waals surface area contributed by atoms with Crippen LogP contribution in [0.25, 0.3) is 0 Å². The third-order valence-corrected chi connectivity index (χ3v) is 3.17. The molecule has 2 aromatic rings. The van der Waals surface area contributed by atoms with Gasteiger partial charge >= 0.3 is 0 Å². The van der Waals surface area contributed by atoms with Crippen LogP contribution in [-0.2, 0) is 0 Å². The van der Waals surface area contributed by atoms with E-state index in [2.05, 4.69) is 10.3 Å². The summed E-state index contributed by atoms with van der Waals surface area (Å²) in [7, 11) is 3.10. The fourth-order valence-electron chi connectivity index (χ4n) is 2.09. The molecule has 6 nitrogen and oxygen atoms in total. The van der Waals surface area contributed by atoms with Crippen LogP contribution in [0.4, 0.5) is 5.69 Å². The van der Waals surface area contributed by atoms with E-state index in [1.165, 1.54) is 7.11 Å². The quantitative estimate of drug-likeness (QED) is 0.916. The molecule has 0 fully saturated rings. The van der Waals surface area contributed by atoms with E-state index >= 15 is 0 Å². The van der Waals surface area contributed by atoms with Crippen molar-refractivity contribution in [2.45, 2.75) is 26.7 Å². The highest BCUT2D eigenvalue weighted by molar-refractivity contribution is 6.04. The number of amides is 1. The first-order chi connectivity index (χ1) is 10.5. The molecule has 0 aliphatic heterocycles. The Kier molecular flexibility index (Phi) is 4.70. The lowest BCUT2D eigenvalue weighted by Gasteiger charge is -2.11. The van der Waals surface area contributed by atoms with E-state index < -0.39 is 0 Å². The van der Waals surface area contributed by atoms with E-state index in [-0.39, 0.29) is 17.6 Å². The zero-order valence-electron chi connectivity index (χ0n) is 13.4. The molecule has 0 atom stereocenters. The summed E-state index contributed by atoms with van der Waals surface area (Å²) in [4.78, 5) is 16.7. The maximum absolute atomic E-state index is 12.5. The van der Waals surface area contributed by atoms with Crippen LogP contribution < -0.4 is 14.8 Å². The maximum atomic E-state index is 12.5. The van der Waals surface area contributed by atoms with Crippen LogP contribution in [0, 0.1) is 6.92 Å². The van der Waals surface area contributed by atoms with E-state index in [4.69, 9.17) is 13.9 Å². The van der Waals surface area contributed by atoms with E-state index in [0.717, 1.165) is 0 Å². The Balaban J connectivity index is 2.33. The maximum Gasteiger partial charge on any atom is 0.293 e. The smallest absolute Gasteiger partial charge is 0.293 e. The van der Waals surface area contributed by atoms with Crippen LogP contribution in [-0.4, -0.2) is 25.1 Å². The van der Waals surface area contributed by atoms with Gasteiger partial charge in [-0.25, -0.2) is 4.98 Å². The molecule has 1 N–H and O–H groups in total. The Morgan fingerprint density at radius 1 is 1.27 bits per heavy atom. The lowest BCUT2D eigenvalue weighted by molar-refractivity contribution is 0.0993. The molecule has 118 valence electrons. The Labute approximate surface area is 129 Å². The van der Waals surface area contributed by atoms with Crippen molar-refractivity contribution in [3.8, 4) is 11.5 Å². The van der Waals surface area contributed by atoms with Crippen LogP contribution in [0.3, 0.4) is 0 Å². The first kappa shape index (κ1) is 15.9. The number of methoxy groups -OCH3 is 2. The first-order valence-corrected chi connectivity index (χ1v) is 6.97. The lowest BCUT2D eigenvalue weighted by Crippen LogP contribution is -2.14. The van der Waals surface area contributed by atoms with Gasteiger partial charge in [-0.1, -0.05) is 13.8 Å². The molecular weight excluding hydrogens is 284 g/mol. The average molecular weight is 304 g/mol. The number of benzene rings is 1. The standard InChI is InChI=1S/C16H20N2O4/c1-9(2)14-15(22-10(3)17-14)16(19)18-12-8-11(20-4)6-7-13(12)21-5/h6-9H,1-5H3,(H,18,19). The Hall–Kier alpha value is -2.50. The normalized spacial score (nSPS) is 10.6. The van der Waals surface area contributed by atoms with E-state index in [9.17, 15) is 4.79 Å². The molecule has 0 bridgehead atoms. The molecule has 0 radical (unpaired) electrons. The molecule has 1 aromatic carbocycles. The van der Waals surface area contributed by atoms with E-state index in [0.29, 0.717) is 28.8 Å². The molecule has 0 spiro atoms. The molecule has 0 saturated heterocycles. The van der Waals surface area contributed by atoms with Gasteiger partial charge in [0, 0.05) is 13.0 Å². The number of ether oxygens (including phenoxy) is 2. The zero-order chi connectivity index (χ0) is 16.3. The van der Waals surface area contributed by atoms with Gasteiger partial charge in [0.25, 0.3) is 5.91 Å². The summed E-state index contributed by atoms with van der Waals surface area (Å²) in [5.74, 6) is 1.57. The van der Waals surface area contributed by atoms with E-state index in [1.807, 2.05) is 13.8 Å². The zero-order valence-corrected chi connectivity index (χ0v) is 13.4. The Bertz CT molecular complexity index is 677. The molecule has 0 aliphatic rings. The number of rotatable bonds is 5. The summed E-state index contributed by atoms with van der Waals surface area (Å²) in [6.07, 6.45) is 0. The van der Waals surface area contributed by atoms with Crippen LogP contribution in [0.2, 0.25) is 0 Å². The molecule has 22 heavy (non-hydrogen) atoms. The summed E-state index contributed by atoms with van der Waals surface area (Å²) < 4.78 is 15.9. The van der Waals surface area contributed by atoms with Crippen molar-refractivity contribution in [2.24, 2.45) is 0 Å². The van der Waals surface area contributed by atoms with Gasteiger partial charge in [0.05, 0.1) is 25.6 Å². The number of oxazole rings is 1. The predicted octanol–water partition coefficient (Wildman–Crippen LogP) is 3.38. The summed E-state index contributed by atoms with van der Waals surface area (Å²) in [5, 5.41) is 2.78. The number of hydrogen-bond acceptors (Lipinski definition) is 5. The van der Waals surface area contributed by atoms with Gasteiger partial charge in [0.15, 0.2) is 5.89 Å². The summed E-state index contributed by atoms with van der Waals surface area (Å²) in [5.41, 5.74) is 1.15. The fraction of sp³-hybridized carbons (Fsp3) is 0.375. The third kappa shape index (κ3) is 3.21. The number of carbonyl (C=O) groups excluding carboxylic acids is 1. The minimum atomic E-state index is -0.365. The Morgan fingerprint density at radius 3 is 2.59 bits per heavy atom. The SMILES string of the molecule is COc1ccc(OC)c(NC(=O)c2oc(C)nc2C(C)C)c1. The third-order valence-electron chi connectivity index (χ3n) is 3.17. The number of aromatic nitrogens is 1. The highest BCUT2D eigenvalue weighted by Gasteiger charge is 2.22.